The third kappa shape index (κ3) is 5.23. The lowest BCUT2D eigenvalue weighted by Crippen LogP contribution is -2.49. The molecular weight excluding hydrogens is 420 g/mol. The van der Waals surface area contributed by atoms with Crippen molar-refractivity contribution < 1.29 is 19.1 Å². The van der Waals surface area contributed by atoms with Gasteiger partial charge in [0.1, 0.15) is 17.3 Å². The molecule has 0 bridgehead atoms. The van der Waals surface area contributed by atoms with Crippen LogP contribution in [0.5, 0.6) is 11.5 Å². The largest absolute Gasteiger partial charge is 0.497 e. The molecule has 0 atom stereocenters. The third-order valence-electron chi connectivity index (χ3n) is 5.57. The third-order valence-corrected chi connectivity index (χ3v) is 5.57. The van der Waals surface area contributed by atoms with Gasteiger partial charge in [-0.1, -0.05) is 6.07 Å². The van der Waals surface area contributed by atoms with Gasteiger partial charge < -0.3 is 24.6 Å². The van der Waals surface area contributed by atoms with E-state index < -0.39 is 0 Å². The molecule has 1 aliphatic heterocycles. The Hall–Kier alpha value is -4.07. The summed E-state index contributed by atoms with van der Waals surface area (Å²) >= 11 is 0. The van der Waals surface area contributed by atoms with E-state index in [4.69, 9.17) is 9.47 Å². The fraction of sp³-hybridized carbons (Fsp3) is 0.240. The van der Waals surface area contributed by atoms with Crippen LogP contribution in [0.4, 0.5) is 11.5 Å². The summed E-state index contributed by atoms with van der Waals surface area (Å²) < 4.78 is 10.3. The lowest BCUT2D eigenvalue weighted by Gasteiger charge is -2.35. The van der Waals surface area contributed by atoms with Crippen molar-refractivity contribution in [1.82, 2.24) is 9.88 Å². The molecule has 1 saturated heterocycles. The quantitative estimate of drug-likeness (QED) is 0.626. The van der Waals surface area contributed by atoms with Crippen molar-refractivity contribution >= 4 is 23.3 Å². The fourth-order valence-electron chi connectivity index (χ4n) is 3.67. The highest BCUT2D eigenvalue weighted by atomic mass is 16.5. The van der Waals surface area contributed by atoms with E-state index in [0.29, 0.717) is 54.5 Å². The lowest BCUT2D eigenvalue weighted by molar-refractivity contribution is 0.0746. The minimum Gasteiger partial charge on any atom is -0.497 e. The molecule has 2 heterocycles. The van der Waals surface area contributed by atoms with Gasteiger partial charge in [0.2, 0.25) is 0 Å². The normalized spacial score (nSPS) is 13.4. The van der Waals surface area contributed by atoms with Crippen molar-refractivity contribution in [3.8, 4) is 11.5 Å². The van der Waals surface area contributed by atoms with Crippen LogP contribution in [0.2, 0.25) is 0 Å². The molecule has 0 unspecified atom stereocenters. The number of pyridine rings is 1. The molecule has 33 heavy (non-hydrogen) atoms. The maximum atomic E-state index is 12.8. The van der Waals surface area contributed by atoms with E-state index in [1.165, 1.54) is 0 Å². The van der Waals surface area contributed by atoms with Gasteiger partial charge in [0.15, 0.2) is 0 Å². The zero-order valence-corrected chi connectivity index (χ0v) is 18.7. The number of carbonyl (C=O) groups excluding carboxylic acids is 2. The molecular formula is C25H26N4O4. The van der Waals surface area contributed by atoms with Crippen LogP contribution < -0.4 is 19.7 Å². The van der Waals surface area contributed by atoms with Gasteiger partial charge in [-0.15, -0.1) is 0 Å². The van der Waals surface area contributed by atoms with Crippen molar-refractivity contribution in [2.24, 2.45) is 0 Å². The van der Waals surface area contributed by atoms with Crippen molar-refractivity contribution in [2.45, 2.75) is 0 Å². The maximum Gasteiger partial charge on any atom is 0.255 e. The number of methoxy groups -OCH3 is 2. The van der Waals surface area contributed by atoms with Crippen LogP contribution in [-0.2, 0) is 0 Å². The second kappa shape index (κ2) is 10.0. The molecule has 4 rings (SSSR count). The van der Waals surface area contributed by atoms with Gasteiger partial charge in [-0.25, -0.2) is 4.98 Å². The molecule has 0 saturated carbocycles. The standard InChI is InChI=1S/C25H26N4O4/c1-32-21-9-6-18(7-10-21)24(30)27-20-8-11-23(26-17-20)28-12-14-29(15-13-28)25(31)19-4-3-5-22(16-19)33-2/h3-11,16-17H,12-15H2,1-2H3,(H,27,30). The highest BCUT2D eigenvalue weighted by Gasteiger charge is 2.23. The molecule has 8 nitrogen and oxygen atoms in total. The number of hydrogen-bond donors (Lipinski definition) is 1. The summed E-state index contributed by atoms with van der Waals surface area (Å²) in [6.45, 7) is 2.57. The molecule has 1 fully saturated rings. The summed E-state index contributed by atoms with van der Waals surface area (Å²) in [5.74, 6) is 1.96. The van der Waals surface area contributed by atoms with Crippen LogP contribution in [0.3, 0.4) is 0 Å². The topological polar surface area (TPSA) is 84.0 Å². The Kier molecular flexibility index (Phi) is 6.73. The van der Waals surface area contributed by atoms with E-state index >= 15 is 0 Å². The summed E-state index contributed by atoms with van der Waals surface area (Å²) in [6.07, 6.45) is 1.64. The zero-order valence-electron chi connectivity index (χ0n) is 18.7. The van der Waals surface area contributed by atoms with Crippen LogP contribution in [0, 0.1) is 0 Å². The lowest BCUT2D eigenvalue weighted by atomic mass is 10.1. The number of aromatic nitrogens is 1. The Bertz CT molecular complexity index is 1110. The molecule has 2 amide bonds. The summed E-state index contributed by atoms with van der Waals surface area (Å²) in [7, 11) is 3.17. The molecule has 1 aromatic heterocycles. The molecule has 170 valence electrons. The average molecular weight is 447 g/mol. The maximum absolute atomic E-state index is 12.8. The Morgan fingerprint density at radius 2 is 1.58 bits per heavy atom. The molecule has 0 aliphatic carbocycles. The highest BCUT2D eigenvalue weighted by molar-refractivity contribution is 6.04. The number of rotatable bonds is 6. The molecule has 0 radical (unpaired) electrons. The number of carbonyl (C=O) groups is 2. The summed E-state index contributed by atoms with van der Waals surface area (Å²) in [4.78, 5) is 33.7. The Balaban J connectivity index is 1.32. The van der Waals surface area contributed by atoms with Crippen molar-refractivity contribution in [2.75, 3.05) is 50.6 Å². The summed E-state index contributed by atoms with van der Waals surface area (Å²) in [6, 6.07) is 17.8. The number of piperazine rings is 1. The number of nitrogens with zero attached hydrogens (tertiary/aromatic N) is 3. The Labute approximate surface area is 192 Å². The molecule has 0 spiro atoms. The Morgan fingerprint density at radius 1 is 0.848 bits per heavy atom. The number of ether oxygens (including phenoxy) is 2. The van der Waals surface area contributed by atoms with Gasteiger partial charge in [0, 0.05) is 37.3 Å². The van der Waals surface area contributed by atoms with E-state index in [1.807, 2.05) is 29.2 Å². The number of anilines is 2. The predicted molar refractivity (Wildman–Crippen MR) is 126 cm³/mol. The van der Waals surface area contributed by atoms with E-state index in [1.54, 1.807) is 56.8 Å². The number of benzene rings is 2. The fourth-order valence-corrected chi connectivity index (χ4v) is 3.67. The number of nitrogens with one attached hydrogen (secondary N) is 1. The molecule has 3 aromatic rings. The molecule has 1 N–H and O–H groups in total. The van der Waals surface area contributed by atoms with Crippen LogP contribution in [0.1, 0.15) is 20.7 Å². The first-order valence-corrected chi connectivity index (χ1v) is 10.7. The van der Waals surface area contributed by atoms with Crippen LogP contribution in [0.15, 0.2) is 66.9 Å². The van der Waals surface area contributed by atoms with Crippen LogP contribution in [-0.4, -0.2) is 62.1 Å². The Morgan fingerprint density at radius 3 is 2.21 bits per heavy atom. The van der Waals surface area contributed by atoms with Crippen LogP contribution in [0.25, 0.3) is 0 Å². The smallest absolute Gasteiger partial charge is 0.255 e. The molecule has 1 aliphatic rings. The minimum atomic E-state index is -0.211. The monoisotopic (exact) mass is 446 g/mol. The van der Waals surface area contributed by atoms with Crippen molar-refractivity contribution in [1.29, 1.82) is 0 Å². The zero-order chi connectivity index (χ0) is 23.2. The van der Waals surface area contributed by atoms with Crippen molar-refractivity contribution in [3.05, 3.63) is 78.0 Å². The first kappa shape index (κ1) is 22.1. The number of hydrogen-bond acceptors (Lipinski definition) is 6. The van der Waals surface area contributed by atoms with Gasteiger partial charge in [-0.05, 0) is 54.6 Å². The van der Waals surface area contributed by atoms with Crippen LogP contribution >= 0.6 is 0 Å². The summed E-state index contributed by atoms with van der Waals surface area (Å²) in [5.41, 5.74) is 1.78. The first-order chi connectivity index (χ1) is 16.1. The average Bonchev–Trinajstić information content (AvgIpc) is 2.89. The van der Waals surface area contributed by atoms with Gasteiger partial charge in [0.05, 0.1) is 26.1 Å². The van der Waals surface area contributed by atoms with E-state index in [-0.39, 0.29) is 11.8 Å². The predicted octanol–water partition coefficient (Wildman–Crippen LogP) is 3.31. The second-order valence-corrected chi connectivity index (χ2v) is 7.60. The van der Waals surface area contributed by atoms with E-state index in [9.17, 15) is 9.59 Å². The summed E-state index contributed by atoms with van der Waals surface area (Å²) in [5, 5.41) is 2.85. The van der Waals surface area contributed by atoms with E-state index in [2.05, 4.69) is 15.2 Å². The van der Waals surface area contributed by atoms with E-state index in [0.717, 1.165) is 5.82 Å². The number of amides is 2. The highest BCUT2D eigenvalue weighted by Crippen LogP contribution is 2.20. The van der Waals surface area contributed by atoms with Crippen molar-refractivity contribution in [3.63, 3.8) is 0 Å². The first-order valence-electron chi connectivity index (χ1n) is 10.7. The van der Waals surface area contributed by atoms with Gasteiger partial charge >= 0.3 is 0 Å². The molecule has 2 aromatic carbocycles. The minimum absolute atomic E-state index is 0.00176. The SMILES string of the molecule is COc1ccc(C(=O)Nc2ccc(N3CCN(C(=O)c4cccc(OC)c4)CC3)nc2)cc1. The second-order valence-electron chi connectivity index (χ2n) is 7.60. The van der Waals surface area contributed by atoms with Gasteiger partial charge in [0.25, 0.3) is 11.8 Å². The molecule has 8 heteroatoms. The van der Waals surface area contributed by atoms with Gasteiger partial charge in [-0.2, -0.15) is 0 Å². The van der Waals surface area contributed by atoms with Gasteiger partial charge in [-0.3, -0.25) is 9.59 Å².